The summed E-state index contributed by atoms with van der Waals surface area (Å²) in [6.07, 6.45) is -1.53. The van der Waals surface area contributed by atoms with Gasteiger partial charge in [0.05, 0.1) is 22.1 Å². The van der Waals surface area contributed by atoms with E-state index in [0.717, 1.165) is 12.1 Å². The van der Waals surface area contributed by atoms with Gasteiger partial charge < -0.3 is 10.1 Å². The van der Waals surface area contributed by atoms with Crippen molar-refractivity contribution in [1.82, 2.24) is 0 Å². The second kappa shape index (κ2) is 8.39. The van der Waals surface area contributed by atoms with E-state index in [-0.39, 0.29) is 28.4 Å². The molecule has 0 aliphatic rings. The van der Waals surface area contributed by atoms with Crippen molar-refractivity contribution in [3.05, 3.63) is 69.0 Å². The normalized spacial score (nSPS) is 11.5. The van der Waals surface area contributed by atoms with Crippen molar-refractivity contribution in [2.75, 3.05) is 5.32 Å². The summed E-state index contributed by atoms with van der Waals surface area (Å²) in [5.41, 5.74) is 0.135. The number of nitro groups is 1. The van der Waals surface area contributed by atoms with Crippen LogP contribution in [0.3, 0.4) is 0 Å². The lowest BCUT2D eigenvalue weighted by Crippen LogP contribution is -2.30. The smallest absolute Gasteiger partial charge is 0.311 e. The number of anilines is 1. The number of hydrogen-bond donors (Lipinski definition) is 1. The molecule has 0 heterocycles. The molecule has 9 heteroatoms. The van der Waals surface area contributed by atoms with E-state index in [1.54, 1.807) is 6.07 Å². The van der Waals surface area contributed by atoms with Gasteiger partial charge in [-0.05, 0) is 25.1 Å². The molecular formula is C17H14ClFN2O5. The van der Waals surface area contributed by atoms with Crippen molar-refractivity contribution in [1.29, 1.82) is 0 Å². The van der Waals surface area contributed by atoms with E-state index in [1.807, 2.05) is 0 Å². The zero-order valence-electron chi connectivity index (χ0n) is 13.6. The van der Waals surface area contributed by atoms with Gasteiger partial charge in [-0.1, -0.05) is 29.8 Å². The number of ether oxygens (including phenoxy) is 1. The molecule has 0 bridgehead atoms. The Kier molecular flexibility index (Phi) is 6.24. The summed E-state index contributed by atoms with van der Waals surface area (Å²) in [7, 11) is 0. The van der Waals surface area contributed by atoms with E-state index in [2.05, 4.69) is 5.32 Å². The SMILES string of the molecule is C[C@@H](OC(=O)Cc1ccccc1[N+](=O)[O-])C(=O)Nc1ccc(F)cc1Cl. The Labute approximate surface area is 152 Å². The van der Waals surface area contributed by atoms with Crippen molar-refractivity contribution < 1.29 is 23.6 Å². The Morgan fingerprint density at radius 1 is 1.31 bits per heavy atom. The molecule has 0 saturated heterocycles. The van der Waals surface area contributed by atoms with Crippen LogP contribution in [0.1, 0.15) is 12.5 Å². The van der Waals surface area contributed by atoms with E-state index in [0.29, 0.717) is 0 Å². The molecule has 0 aliphatic heterocycles. The molecule has 2 aromatic carbocycles. The maximum absolute atomic E-state index is 13.0. The maximum Gasteiger partial charge on any atom is 0.311 e. The fraction of sp³-hybridized carbons (Fsp3) is 0.176. The number of benzene rings is 2. The van der Waals surface area contributed by atoms with Gasteiger partial charge >= 0.3 is 5.97 Å². The molecule has 1 N–H and O–H groups in total. The first kappa shape index (κ1) is 19.3. The van der Waals surface area contributed by atoms with Gasteiger partial charge in [-0.3, -0.25) is 19.7 Å². The number of halogens is 2. The molecule has 1 atom stereocenters. The average molecular weight is 381 g/mol. The molecule has 0 unspecified atom stereocenters. The molecule has 2 rings (SSSR count). The van der Waals surface area contributed by atoms with Gasteiger partial charge in [0.2, 0.25) is 0 Å². The average Bonchev–Trinajstić information content (AvgIpc) is 2.57. The molecule has 0 spiro atoms. The van der Waals surface area contributed by atoms with Crippen LogP contribution in [0.2, 0.25) is 5.02 Å². The Balaban J connectivity index is 1.98. The molecule has 0 fully saturated rings. The lowest BCUT2D eigenvalue weighted by atomic mass is 10.1. The van der Waals surface area contributed by atoms with Crippen LogP contribution in [0.25, 0.3) is 0 Å². The van der Waals surface area contributed by atoms with Gasteiger partial charge in [-0.15, -0.1) is 0 Å². The van der Waals surface area contributed by atoms with E-state index >= 15 is 0 Å². The van der Waals surface area contributed by atoms with Crippen LogP contribution in [0.5, 0.6) is 0 Å². The Morgan fingerprint density at radius 2 is 2.00 bits per heavy atom. The first-order valence-corrected chi connectivity index (χ1v) is 7.83. The molecule has 0 aromatic heterocycles. The summed E-state index contributed by atoms with van der Waals surface area (Å²) in [6, 6.07) is 9.17. The number of carbonyl (C=O) groups excluding carboxylic acids is 2. The molecule has 7 nitrogen and oxygen atoms in total. The summed E-state index contributed by atoms with van der Waals surface area (Å²) < 4.78 is 18.0. The standard InChI is InChI=1S/C17H14ClFN2O5/c1-10(17(23)20-14-7-6-12(19)9-13(14)18)26-16(22)8-11-4-2-3-5-15(11)21(24)25/h2-7,9-10H,8H2,1H3,(H,20,23)/t10-/m1/s1. The third-order valence-electron chi connectivity index (χ3n) is 3.39. The molecule has 26 heavy (non-hydrogen) atoms. The minimum atomic E-state index is -1.17. The van der Waals surface area contributed by atoms with Gasteiger partial charge in [-0.25, -0.2) is 4.39 Å². The zero-order valence-corrected chi connectivity index (χ0v) is 14.3. The highest BCUT2D eigenvalue weighted by atomic mass is 35.5. The largest absolute Gasteiger partial charge is 0.452 e. The third kappa shape index (κ3) is 5.00. The monoisotopic (exact) mass is 380 g/mol. The lowest BCUT2D eigenvalue weighted by Gasteiger charge is -2.14. The Bertz CT molecular complexity index is 859. The minimum absolute atomic E-state index is 0.00298. The summed E-state index contributed by atoms with van der Waals surface area (Å²) in [6.45, 7) is 1.34. The quantitative estimate of drug-likeness (QED) is 0.469. The van der Waals surface area contributed by atoms with Gasteiger partial charge in [-0.2, -0.15) is 0 Å². The van der Waals surface area contributed by atoms with Crippen LogP contribution in [-0.4, -0.2) is 22.9 Å². The summed E-state index contributed by atoms with van der Waals surface area (Å²) in [5.74, 6) is -2.03. The van der Waals surface area contributed by atoms with Crippen molar-refractivity contribution in [3.8, 4) is 0 Å². The van der Waals surface area contributed by atoms with E-state index < -0.39 is 28.7 Å². The Morgan fingerprint density at radius 3 is 2.65 bits per heavy atom. The van der Waals surface area contributed by atoms with E-state index in [9.17, 15) is 24.1 Å². The Hall–Kier alpha value is -3.00. The van der Waals surface area contributed by atoms with Crippen LogP contribution in [0.15, 0.2) is 42.5 Å². The van der Waals surface area contributed by atoms with Gasteiger partial charge in [0, 0.05) is 11.6 Å². The molecule has 2 aromatic rings. The van der Waals surface area contributed by atoms with Crippen LogP contribution in [-0.2, 0) is 20.7 Å². The predicted molar refractivity (Wildman–Crippen MR) is 92.4 cm³/mol. The first-order chi connectivity index (χ1) is 12.3. The highest BCUT2D eigenvalue weighted by Gasteiger charge is 2.21. The summed E-state index contributed by atoms with van der Waals surface area (Å²) in [5, 5.41) is 13.4. The topological polar surface area (TPSA) is 98.5 Å². The maximum atomic E-state index is 13.0. The number of amides is 1. The second-order valence-corrected chi connectivity index (χ2v) is 5.72. The van der Waals surface area contributed by atoms with Gasteiger partial charge in [0.1, 0.15) is 5.82 Å². The fourth-order valence-corrected chi connectivity index (χ4v) is 2.33. The zero-order chi connectivity index (χ0) is 19.3. The number of esters is 1. The number of hydrogen-bond acceptors (Lipinski definition) is 5. The van der Waals surface area contributed by atoms with Crippen LogP contribution in [0.4, 0.5) is 15.8 Å². The number of carbonyl (C=O) groups is 2. The fourth-order valence-electron chi connectivity index (χ4n) is 2.11. The van der Waals surface area contributed by atoms with Crippen LogP contribution in [0, 0.1) is 15.9 Å². The highest BCUT2D eigenvalue weighted by molar-refractivity contribution is 6.33. The molecule has 0 radical (unpaired) electrons. The third-order valence-corrected chi connectivity index (χ3v) is 3.70. The van der Waals surface area contributed by atoms with Crippen molar-refractivity contribution in [3.63, 3.8) is 0 Å². The number of para-hydroxylation sites is 1. The van der Waals surface area contributed by atoms with Crippen LogP contribution >= 0.6 is 11.6 Å². The highest BCUT2D eigenvalue weighted by Crippen LogP contribution is 2.23. The van der Waals surface area contributed by atoms with Crippen molar-refractivity contribution >= 4 is 34.9 Å². The molecule has 136 valence electrons. The number of nitrogens with one attached hydrogen (secondary N) is 1. The number of rotatable bonds is 6. The lowest BCUT2D eigenvalue weighted by molar-refractivity contribution is -0.385. The van der Waals surface area contributed by atoms with E-state index in [4.69, 9.17) is 16.3 Å². The van der Waals surface area contributed by atoms with Crippen molar-refractivity contribution in [2.24, 2.45) is 0 Å². The second-order valence-electron chi connectivity index (χ2n) is 5.31. The van der Waals surface area contributed by atoms with Gasteiger partial charge in [0.25, 0.3) is 11.6 Å². The van der Waals surface area contributed by atoms with Crippen LogP contribution < -0.4 is 5.32 Å². The number of nitrogens with zero attached hydrogens (tertiary/aromatic N) is 1. The minimum Gasteiger partial charge on any atom is -0.452 e. The molecule has 1 amide bonds. The summed E-state index contributed by atoms with van der Waals surface area (Å²) in [4.78, 5) is 34.4. The van der Waals surface area contributed by atoms with Crippen molar-refractivity contribution in [2.45, 2.75) is 19.4 Å². The first-order valence-electron chi connectivity index (χ1n) is 7.45. The molecule has 0 aliphatic carbocycles. The molecule has 0 saturated carbocycles. The number of nitro benzene ring substituents is 1. The van der Waals surface area contributed by atoms with Gasteiger partial charge in [0.15, 0.2) is 6.10 Å². The van der Waals surface area contributed by atoms with E-state index in [1.165, 1.54) is 31.2 Å². The predicted octanol–water partition coefficient (Wildman–Crippen LogP) is 3.50. The summed E-state index contributed by atoms with van der Waals surface area (Å²) >= 11 is 5.81. The molecular weight excluding hydrogens is 367 g/mol.